The van der Waals surface area contributed by atoms with E-state index in [2.05, 4.69) is 5.32 Å². The number of carbonyl (C=O) groups is 2. The topological polar surface area (TPSA) is 82.4 Å². The average molecular weight is 540 g/mol. The number of nitrogens with zero attached hydrogens (tertiary/aromatic N) is 2. The van der Waals surface area contributed by atoms with Gasteiger partial charge in [0, 0.05) is 42.9 Å². The SMILES string of the molecule is CCOc1c(C(=O)NCCOC)ccc2nn(CC3CCCCC(C(=O)c4ccc(Cl)cc4)CCC3)cc12. The first-order chi connectivity index (χ1) is 18.5. The summed E-state index contributed by atoms with van der Waals surface area (Å²) in [5.41, 5.74) is 2.09. The van der Waals surface area contributed by atoms with Crippen molar-refractivity contribution < 1.29 is 19.1 Å². The third-order valence-electron chi connectivity index (χ3n) is 7.34. The summed E-state index contributed by atoms with van der Waals surface area (Å²) in [5.74, 6) is 1.19. The molecule has 1 amide bonds. The number of benzene rings is 2. The molecule has 4 rings (SSSR count). The van der Waals surface area contributed by atoms with E-state index in [1.165, 1.54) is 0 Å². The Hall–Kier alpha value is -2.90. The number of amides is 1. The van der Waals surface area contributed by atoms with Gasteiger partial charge in [-0.1, -0.05) is 30.9 Å². The lowest BCUT2D eigenvalue weighted by Gasteiger charge is -2.16. The maximum absolute atomic E-state index is 13.1. The predicted octanol–water partition coefficient (Wildman–Crippen LogP) is 6.32. The highest BCUT2D eigenvalue weighted by Crippen LogP contribution is 2.32. The van der Waals surface area contributed by atoms with Gasteiger partial charge in [0.1, 0.15) is 5.75 Å². The summed E-state index contributed by atoms with van der Waals surface area (Å²) in [4.78, 5) is 25.9. The zero-order valence-electron chi connectivity index (χ0n) is 22.4. The van der Waals surface area contributed by atoms with Crippen LogP contribution in [0, 0.1) is 11.8 Å². The van der Waals surface area contributed by atoms with Gasteiger partial charge >= 0.3 is 0 Å². The third-order valence-corrected chi connectivity index (χ3v) is 7.59. The van der Waals surface area contributed by atoms with Crippen LogP contribution in [0.3, 0.4) is 0 Å². The molecule has 1 aliphatic rings. The van der Waals surface area contributed by atoms with Crippen molar-refractivity contribution in [1.29, 1.82) is 0 Å². The molecule has 2 aromatic carbocycles. The number of hydrogen-bond acceptors (Lipinski definition) is 5. The molecule has 0 radical (unpaired) electrons. The number of ketones is 1. The number of fused-ring (bicyclic) bond motifs is 1. The molecule has 2 atom stereocenters. The fourth-order valence-corrected chi connectivity index (χ4v) is 5.50. The van der Waals surface area contributed by atoms with E-state index in [0.717, 1.165) is 68.0 Å². The highest BCUT2D eigenvalue weighted by molar-refractivity contribution is 6.30. The first-order valence-electron chi connectivity index (χ1n) is 13.7. The first-order valence-corrected chi connectivity index (χ1v) is 14.1. The molecule has 2 unspecified atom stereocenters. The Bertz CT molecular complexity index is 1220. The molecule has 1 N–H and O–H groups in total. The molecule has 38 heavy (non-hydrogen) atoms. The lowest BCUT2D eigenvalue weighted by atomic mass is 9.89. The average Bonchev–Trinajstić information content (AvgIpc) is 3.37. The van der Waals surface area contributed by atoms with E-state index in [-0.39, 0.29) is 17.6 Å². The van der Waals surface area contributed by atoms with Gasteiger partial charge in [0.2, 0.25) is 0 Å². The van der Waals surface area contributed by atoms with E-state index in [1.54, 1.807) is 25.3 Å². The monoisotopic (exact) mass is 539 g/mol. The predicted molar refractivity (Wildman–Crippen MR) is 150 cm³/mol. The quantitative estimate of drug-likeness (QED) is 0.241. The third kappa shape index (κ3) is 7.14. The summed E-state index contributed by atoms with van der Waals surface area (Å²) in [6.45, 7) is 4.07. The zero-order chi connectivity index (χ0) is 26.9. The van der Waals surface area contributed by atoms with Crippen LogP contribution in [0.2, 0.25) is 5.02 Å². The molecule has 0 spiro atoms. The number of hydrogen-bond donors (Lipinski definition) is 1. The van der Waals surface area contributed by atoms with Gasteiger partial charge in [0.25, 0.3) is 5.91 Å². The molecule has 0 saturated heterocycles. The van der Waals surface area contributed by atoms with Crippen molar-refractivity contribution in [2.75, 3.05) is 26.9 Å². The van der Waals surface area contributed by atoms with Gasteiger partial charge in [-0.15, -0.1) is 0 Å². The highest BCUT2D eigenvalue weighted by Gasteiger charge is 2.23. The minimum Gasteiger partial charge on any atom is -0.492 e. The summed E-state index contributed by atoms with van der Waals surface area (Å²) in [6.07, 6.45) is 9.21. The highest BCUT2D eigenvalue weighted by atomic mass is 35.5. The number of nitrogens with one attached hydrogen (secondary N) is 1. The van der Waals surface area contributed by atoms with Crippen LogP contribution in [0.25, 0.3) is 10.9 Å². The second kappa shape index (κ2) is 13.8. The molecular weight excluding hydrogens is 502 g/mol. The van der Waals surface area contributed by atoms with Crippen LogP contribution in [0.15, 0.2) is 42.6 Å². The van der Waals surface area contributed by atoms with E-state index in [1.807, 2.05) is 36.0 Å². The van der Waals surface area contributed by atoms with E-state index < -0.39 is 0 Å². The minimum absolute atomic E-state index is 0.0735. The molecule has 1 aromatic heterocycles. The number of rotatable bonds is 10. The zero-order valence-corrected chi connectivity index (χ0v) is 23.1. The summed E-state index contributed by atoms with van der Waals surface area (Å²) in [5, 5.41) is 9.19. The molecule has 3 aromatic rings. The van der Waals surface area contributed by atoms with Crippen molar-refractivity contribution in [3.05, 3.63) is 58.7 Å². The Labute approximate surface area is 229 Å². The van der Waals surface area contributed by atoms with Crippen LogP contribution >= 0.6 is 11.6 Å². The van der Waals surface area contributed by atoms with Gasteiger partial charge in [-0.3, -0.25) is 14.3 Å². The molecule has 204 valence electrons. The normalized spacial score (nSPS) is 18.4. The lowest BCUT2D eigenvalue weighted by molar-refractivity contribution is 0.0901. The fraction of sp³-hybridized carbons (Fsp3) is 0.500. The number of ether oxygens (including phenoxy) is 2. The van der Waals surface area contributed by atoms with Crippen molar-refractivity contribution in [3.63, 3.8) is 0 Å². The Morgan fingerprint density at radius 1 is 1.05 bits per heavy atom. The minimum atomic E-state index is -0.181. The van der Waals surface area contributed by atoms with Crippen LogP contribution in [-0.4, -0.2) is 48.3 Å². The maximum Gasteiger partial charge on any atom is 0.255 e. The number of methoxy groups -OCH3 is 1. The second-order valence-electron chi connectivity index (χ2n) is 10.1. The fourth-order valence-electron chi connectivity index (χ4n) is 5.38. The van der Waals surface area contributed by atoms with Gasteiger partial charge in [-0.25, -0.2) is 0 Å². The summed E-state index contributed by atoms with van der Waals surface area (Å²) in [6, 6.07) is 10.9. The lowest BCUT2D eigenvalue weighted by Crippen LogP contribution is -2.27. The summed E-state index contributed by atoms with van der Waals surface area (Å²) in [7, 11) is 1.61. The molecule has 1 fully saturated rings. The number of carbonyl (C=O) groups excluding carboxylic acids is 2. The number of Topliss-reactive ketones (excluding diaryl/α,β-unsaturated/α-hetero) is 1. The van der Waals surface area contributed by atoms with Crippen LogP contribution in [0.5, 0.6) is 5.75 Å². The Kier molecular flexibility index (Phi) is 10.2. The molecular formula is C30H38ClN3O4. The molecule has 0 aliphatic heterocycles. The van der Waals surface area contributed by atoms with Gasteiger partial charge in [-0.05, 0) is 74.9 Å². The van der Waals surface area contributed by atoms with Crippen molar-refractivity contribution in [3.8, 4) is 5.75 Å². The molecule has 0 bridgehead atoms. The molecule has 1 heterocycles. The number of aromatic nitrogens is 2. The summed E-state index contributed by atoms with van der Waals surface area (Å²) < 4.78 is 13.0. The van der Waals surface area contributed by atoms with Crippen LogP contribution in [-0.2, 0) is 11.3 Å². The largest absolute Gasteiger partial charge is 0.492 e. The van der Waals surface area contributed by atoms with Crippen molar-refractivity contribution in [1.82, 2.24) is 15.1 Å². The molecule has 1 aliphatic carbocycles. The van der Waals surface area contributed by atoms with Crippen LogP contribution in [0.4, 0.5) is 0 Å². The molecule has 8 heteroatoms. The van der Waals surface area contributed by atoms with Gasteiger partial charge in [0.05, 0.1) is 29.7 Å². The van der Waals surface area contributed by atoms with Crippen molar-refractivity contribution >= 4 is 34.2 Å². The summed E-state index contributed by atoms with van der Waals surface area (Å²) >= 11 is 6.00. The van der Waals surface area contributed by atoms with Crippen LogP contribution < -0.4 is 10.1 Å². The maximum atomic E-state index is 13.1. The molecule has 1 saturated carbocycles. The van der Waals surface area contributed by atoms with Gasteiger partial charge in [0.15, 0.2) is 5.78 Å². The Balaban J connectivity index is 1.43. The first kappa shape index (κ1) is 28.1. The number of halogens is 1. The smallest absolute Gasteiger partial charge is 0.255 e. The Morgan fingerprint density at radius 2 is 1.79 bits per heavy atom. The van der Waals surface area contributed by atoms with E-state index in [9.17, 15) is 9.59 Å². The van der Waals surface area contributed by atoms with Gasteiger partial charge in [-0.2, -0.15) is 5.10 Å². The standard InChI is InChI=1S/C30H38ClN3O4/c1-3-38-29-25(30(36)32-17-18-37-2)15-16-27-26(29)20-34(33-27)19-21-7-4-5-9-22(10-6-8-21)28(35)23-11-13-24(31)14-12-23/h11-16,20-22H,3-10,17-19H2,1-2H3,(H,32,36). The van der Waals surface area contributed by atoms with Gasteiger partial charge < -0.3 is 14.8 Å². The molecule has 7 nitrogen and oxygen atoms in total. The van der Waals surface area contributed by atoms with E-state index in [4.69, 9.17) is 26.2 Å². The van der Waals surface area contributed by atoms with E-state index >= 15 is 0 Å². The van der Waals surface area contributed by atoms with Crippen LogP contribution in [0.1, 0.15) is 72.6 Å². The van der Waals surface area contributed by atoms with Crippen molar-refractivity contribution in [2.45, 2.75) is 58.4 Å². The van der Waals surface area contributed by atoms with Crippen molar-refractivity contribution in [2.24, 2.45) is 11.8 Å². The van der Waals surface area contributed by atoms with E-state index in [0.29, 0.717) is 42.0 Å². The Morgan fingerprint density at radius 3 is 2.55 bits per heavy atom. The second-order valence-corrected chi connectivity index (χ2v) is 10.5.